The number of rotatable bonds is 2. The van der Waals surface area contributed by atoms with E-state index in [1.54, 1.807) is 0 Å². The summed E-state index contributed by atoms with van der Waals surface area (Å²) in [6.07, 6.45) is 1.13. The van der Waals surface area contributed by atoms with E-state index >= 15 is 0 Å². The van der Waals surface area contributed by atoms with Gasteiger partial charge in [-0.2, -0.15) is 0 Å². The molecular weight excluding hydrogens is 244 g/mol. The topological polar surface area (TPSA) is 29.3 Å². The van der Waals surface area contributed by atoms with Gasteiger partial charge < -0.3 is 10.6 Å². The van der Waals surface area contributed by atoms with E-state index in [2.05, 4.69) is 56.0 Å². The molecule has 2 aromatic rings. The van der Waals surface area contributed by atoms with Gasteiger partial charge in [0.15, 0.2) is 0 Å². The van der Waals surface area contributed by atoms with Gasteiger partial charge in [0.1, 0.15) is 0 Å². The molecule has 0 aliphatic carbocycles. The average Bonchev–Trinajstić information content (AvgIpc) is 2.77. The van der Waals surface area contributed by atoms with E-state index in [1.165, 1.54) is 33.5 Å². The smallest absolute Gasteiger partial charge is 0.0434 e. The van der Waals surface area contributed by atoms with Crippen LogP contribution >= 0.6 is 0 Å². The van der Waals surface area contributed by atoms with Gasteiger partial charge in [0.2, 0.25) is 0 Å². The van der Waals surface area contributed by atoms with E-state index in [9.17, 15) is 0 Å². The molecule has 0 fully saturated rings. The number of aryl methyl sites for hydroxylation is 3. The Hall–Kier alpha value is -1.96. The van der Waals surface area contributed by atoms with Crippen molar-refractivity contribution in [2.24, 2.45) is 0 Å². The van der Waals surface area contributed by atoms with Crippen molar-refractivity contribution in [2.75, 3.05) is 17.2 Å². The second kappa shape index (κ2) is 4.86. The van der Waals surface area contributed by atoms with Crippen molar-refractivity contribution in [1.29, 1.82) is 0 Å². The molecule has 0 amide bonds. The van der Waals surface area contributed by atoms with Crippen molar-refractivity contribution in [2.45, 2.75) is 33.7 Å². The van der Waals surface area contributed by atoms with Crippen LogP contribution in [0.2, 0.25) is 0 Å². The first-order chi connectivity index (χ1) is 9.56. The summed E-state index contributed by atoms with van der Waals surface area (Å²) in [5, 5.41) is 0. The molecule has 0 spiro atoms. The van der Waals surface area contributed by atoms with Crippen molar-refractivity contribution in [3.63, 3.8) is 0 Å². The lowest BCUT2D eigenvalue weighted by Gasteiger charge is -2.22. The predicted octanol–water partition coefficient (Wildman–Crippen LogP) is 3.76. The number of anilines is 2. The Kier molecular flexibility index (Phi) is 3.17. The Morgan fingerprint density at radius 2 is 1.75 bits per heavy atom. The summed E-state index contributed by atoms with van der Waals surface area (Å²) < 4.78 is 0. The van der Waals surface area contributed by atoms with E-state index in [1.807, 2.05) is 0 Å². The largest absolute Gasteiger partial charge is 0.398 e. The Morgan fingerprint density at radius 3 is 2.45 bits per heavy atom. The Balaban J connectivity index is 1.94. The van der Waals surface area contributed by atoms with Gasteiger partial charge in [-0.3, -0.25) is 0 Å². The van der Waals surface area contributed by atoms with Crippen LogP contribution in [0.4, 0.5) is 11.4 Å². The highest BCUT2D eigenvalue weighted by Crippen LogP contribution is 2.33. The van der Waals surface area contributed by atoms with E-state index in [-0.39, 0.29) is 0 Å². The van der Waals surface area contributed by atoms with E-state index in [0.29, 0.717) is 0 Å². The number of benzene rings is 2. The molecule has 1 aliphatic rings. The maximum atomic E-state index is 6.08. The van der Waals surface area contributed by atoms with Gasteiger partial charge in [-0.15, -0.1) is 0 Å². The second-order valence-electron chi connectivity index (χ2n) is 5.88. The molecule has 0 atom stereocenters. The van der Waals surface area contributed by atoms with Gasteiger partial charge in [-0.1, -0.05) is 24.3 Å². The first-order valence-electron chi connectivity index (χ1n) is 7.25. The summed E-state index contributed by atoms with van der Waals surface area (Å²) in [6.45, 7) is 8.55. The summed E-state index contributed by atoms with van der Waals surface area (Å²) in [6, 6.07) is 10.9. The zero-order chi connectivity index (χ0) is 14.3. The summed E-state index contributed by atoms with van der Waals surface area (Å²) in [5.41, 5.74) is 15.1. The first-order valence-corrected chi connectivity index (χ1v) is 7.25. The van der Waals surface area contributed by atoms with Crippen LogP contribution in [0.15, 0.2) is 30.3 Å². The molecule has 0 unspecified atom stereocenters. The van der Waals surface area contributed by atoms with Gasteiger partial charge >= 0.3 is 0 Å². The Morgan fingerprint density at radius 1 is 1.05 bits per heavy atom. The number of hydrogen-bond donors (Lipinski definition) is 1. The third kappa shape index (κ3) is 2.15. The lowest BCUT2D eigenvalue weighted by atomic mass is 10.0. The van der Waals surface area contributed by atoms with Gasteiger partial charge in [0, 0.05) is 24.5 Å². The number of nitrogens with zero attached hydrogens (tertiary/aromatic N) is 1. The van der Waals surface area contributed by atoms with Gasteiger partial charge in [-0.25, -0.2) is 0 Å². The fourth-order valence-corrected chi connectivity index (χ4v) is 3.10. The van der Waals surface area contributed by atoms with Crippen LogP contribution < -0.4 is 10.6 Å². The van der Waals surface area contributed by atoms with Crippen LogP contribution in [0.1, 0.15) is 27.8 Å². The lowest BCUT2D eigenvalue weighted by molar-refractivity contribution is 0.826. The van der Waals surface area contributed by atoms with Crippen LogP contribution in [0, 0.1) is 20.8 Å². The van der Waals surface area contributed by atoms with E-state index in [4.69, 9.17) is 5.73 Å². The molecule has 0 radical (unpaired) electrons. The molecule has 1 heterocycles. The lowest BCUT2D eigenvalue weighted by Crippen LogP contribution is -2.21. The molecular formula is C18H22N2. The summed E-state index contributed by atoms with van der Waals surface area (Å²) in [5.74, 6) is 0. The van der Waals surface area contributed by atoms with Crippen molar-refractivity contribution in [3.8, 4) is 0 Å². The molecule has 0 saturated carbocycles. The molecule has 2 N–H and O–H groups in total. The van der Waals surface area contributed by atoms with Crippen LogP contribution in [0.25, 0.3) is 0 Å². The molecule has 2 heteroatoms. The highest BCUT2D eigenvalue weighted by Gasteiger charge is 2.21. The molecule has 2 aromatic carbocycles. The fraction of sp³-hybridized carbons (Fsp3) is 0.333. The molecule has 104 valence electrons. The zero-order valence-electron chi connectivity index (χ0n) is 12.5. The second-order valence-corrected chi connectivity index (χ2v) is 5.88. The minimum atomic E-state index is 0.900. The van der Waals surface area contributed by atoms with Gasteiger partial charge in [0.25, 0.3) is 0 Å². The van der Waals surface area contributed by atoms with Gasteiger partial charge in [-0.05, 0) is 61.1 Å². The SMILES string of the molecule is Cc1cc2c(cc1N)N(Cc1c(C)cccc1C)CC2. The van der Waals surface area contributed by atoms with Crippen molar-refractivity contribution < 1.29 is 0 Å². The van der Waals surface area contributed by atoms with Crippen LogP contribution in [-0.4, -0.2) is 6.54 Å². The molecule has 2 nitrogen and oxygen atoms in total. The minimum absolute atomic E-state index is 0.900. The first kappa shape index (κ1) is 13.0. The monoisotopic (exact) mass is 266 g/mol. The van der Waals surface area contributed by atoms with Crippen LogP contribution in [0.5, 0.6) is 0 Å². The Labute approximate surface area is 121 Å². The predicted molar refractivity (Wildman–Crippen MR) is 86.3 cm³/mol. The summed E-state index contributed by atoms with van der Waals surface area (Å²) >= 11 is 0. The number of hydrogen-bond acceptors (Lipinski definition) is 2. The standard InChI is InChI=1S/C18H22N2/c1-12-5-4-6-13(2)16(12)11-20-8-7-15-9-14(3)17(19)10-18(15)20/h4-6,9-10H,7-8,11,19H2,1-3H3. The molecule has 0 bridgehead atoms. The molecule has 3 rings (SSSR count). The third-order valence-electron chi connectivity index (χ3n) is 4.45. The molecule has 0 saturated heterocycles. The molecule has 1 aliphatic heterocycles. The maximum absolute atomic E-state index is 6.08. The number of nitrogen functional groups attached to an aromatic ring is 1. The van der Waals surface area contributed by atoms with Gasteiger partial charge in [0.05, 0.1) is 0 Å². The fourth-order valence-electron chi connectivity index (χ4n) is 3.10. The summed E-state index contributed by atoms with van der Waals surface area (Å²) in [4.78, 5) is 2.46. The highest BCUT2D eigenvalue weighted by atomic mass is 15.1. The third-order valence-corrected chi connectivity index (χ3v) is 4.45. The van der Waals surface area contributed by atoms with Crippen LogP contribution in [-0.2, 0) is 13.0 Å². The van der Waals surface area contributed by atoms with Crippen LogP contribution in [0.3, 0.4) is 0 Å². The van der Waals surface area contributed by atoms with E-state index < -0.39 is 0 Å². The van der Waals surface area contributed by atoms with E-state index in [0.717, 1.165) is 25.2 Å². The minimum Gasteiger partial charge on any atom is -0.398 e. The molecule has 20 heavy (non-hydrogen) atoms. The quantitative estimate of drug-likeness (QED) is 0.839. The number of nitrogens with two attached hydrogens (primary N) is 1. The maximum Gasteiger partial charge on any atom is 0.0434 e. The van der Waals surface area contributed by atoms with Crippen molar-refractivity contribution >= 4 is 11.4 Å². The number of fused-ring (bicyclic) bond motifs is 1. The zero-order valence-corrected chi connectivity index (χ0v) is 12.5. The Bertz CT molecular complexity index is 638. The van der Waals surface area contributed by atoms with Crippen molar-refractivity contribution in [3.05, 3.63) is 58.1 Å². The molecule has 0 aromatic heterocycles. The van der Waals surface area contributed by atoms with Crippen molar-refractivity contribution in [1.82, 2.24) is 0 Å². The summed E-state index contributed by atoms with van der Waals surface area (Å²) in [7, 11) is 0. The normalized spacial score (nSPS) is 13.7. The highest BCUT2D eigenvalue weighted by molar-refractivity contribution is 5.67. The average molecular weight is 266 g/mol.